The number of sulfonamides is 1. The van der Waals surface area contributed by atoms with E-state index in [4.69, 9.17) is 5.90 Å². The van der Waals surface area contributed by atoms with E-state index in [-0.39, 0.29) is 6.54 Å². The molecule has 0 aliphatic rings. The lowest BCUT2D eigenvalue weighted by molar-refractivity contribution is 0.0509. The molecule has 26 heavy (non-hydrogen) atoms. The van der Waals surface area contributed by atoms with Gasteiger partial charge in [0.05, 0.1) is 6.26 Å². The molecular weight excluding hydrogens is 372 g/mol. The zero-order chi connectivity index (χ0) is 18.7. The molecular formula is C18H18N2O4S2. The minimum Gasteiger partial charge on any atom is -0.369 e. The van der Waals surface area contributed by atoms with Crippen LogP contribution in [0.4, 0.5) is 0 Å². The average molecular weight is 390 g/mol. The van der Waals surface area contributed by atoms with Crippen LogP contribution in [0.2, 0.25) is 0 Å². The van der Waals surface area contributed by atoms with Crippen LogP contribution in [0, 0.1) is 0 Å². The van der Waals surface area contributed by atoms with E-state index in [0.29, 0.717) is 11.4 Å². The summed E-state index contributed by atoms with van der Waals surface area (Å²) in [5, 5.41) is 0.883. The maximum atomic E-state index is 12.2. The van der Waals surface area contributed by atoms with Gasteiger partial charge >= 0.3 is 5.97 Å². The molecule has 3 aromatic rings. The van der Waals surface area contributed by atoms with Crippen molar-refractivity contribution in [3.63, 3.8) is 0 Å². The fourth-order valence-electron chi connectivity index (χ4n) is 2.61. The lowest BCUT2D eigenvalue weighted by Gasteiger charge is -2.20. The van der Waals surface area contributed by atoms with E-state index in [1.165, 1.54) is 21.9 Å². The van der Waals surface area contributed by atoms with E-state index in [9.17, 15) is 13.2 Å². The van der Waals surface area contributed by atoms with Gasteiger partial charge in [0.2, 0.25) is 10.0 Å². The summed E-state index contributed by atoms with van der Waals surface area (Å²) in [5.41, 5.74) is 1.76. The summed E-state index contributed by atoms with van der Waals surface area (Å²) in [7, 11) is -3.38. The van der Waals surface area contributed by atoms with Crippen LogP contribution in [0.5, 0.6) is 0 Å². The normalized spacial score (nSPS) is 11.8. The molecule has 1 heterocycles. The van der Waals surface area contributed by atoms with Crippen molar-refractivity contribution in [3.05, 3.63) is 70.6 Å². The topological polar surface area (TPSA) is 89.7 Å². The van der Waals surface area contributed by atoms with Crippen LogP contribution < -0.4 is 5.90 Å². The van der Waals surface area contributed by atoms with Gasteiger partial charge in [-0.1, -0.05) is 42.5 Å². The Morgan fingerprint density at radius 2 is 1.77 bits per heavy atom. The summed E-state index contributed by atoms with van der Waals surface area (Å²) < 4.78 is 26.7. The zero-order valence-corrected chi connectivity index (χ0v) is 15.7. The number of nitrogens with zero attached hydrogens (tertiary/aromatic N) is 1. The quantitative estimate of drug-likeness (QED) is 0.654. The van der Waals surface area contributed by atoms with E-state index in [1.807, 2.05) is 48.5 Å². The maximum absolute atomic E-state index is 12.2. The summed E-state index contributed by atoms with van der Waals surface area (Å²) in [6, 6.07) is 16.7. The van der Waals surface area contributed by atoms with Crippen molar-refractivity contribution in [1.29, 1.82) is 0 Å². The molecule has 0 spiro atoms. The molecule has 136 valence electrons. The van der Waals surface area contributed by atoms with E-state index in [2.05, 4.69) is 4.84 Å². The fourth-order valence-corrected chi connectivity index (χ4v) is 4.39. The van der Waals surface area contributed by atoms with Crippen molar-refractivity contribution >= 4 is 37.4 Å². The molecule has 0 aliphatic heterocycles. The van der Waals surface area contributed by atoms with E-state index >= 15 is 0 Å². The highest BCUT2D eigenvalue weighted by atomic mass is 32.2. The van der Waals surface area contributed by atoms with Gasteiger partial charge in [0.1, 0.15) is 4.88 Å². The number of benzene rings is 2. The van der Waals surface area contributed by atoms with Gasteiger partial charge in [0, 0.05) is 17.8 Å². The van der Waals surface area contributed by atoms with Gasteiger partial charge in [-0.05, 0) is 28.6 Å². The molecule has 1 aromatic heterocycles. The first kappa shape index (κ1) is 18.5. The van der Waals surface area contributed by atoms with E-state index in [0.717, 1.165) is 21.2 Å². The molecule has 8 heteroatoms. The van der Waals surface area contributed by atoms with Gasteiger partial charge in [0.25, 0.3) is 0 Å². The van der Waals surface area contributed by atoms with Crippen LogP contribution >= 0.6 is 11.3 Å². The molecule has 0 saturated carbocycles. The molecule has 3 rings (SSSR count). The number of carbonyl (C=O) groups excluding carboxylic acids is 1. The SMILES string of the molecule is CS(=O)(=O)N(Cc1ccccc1)Cc1ccc2cc(C(=O)ON)sc2c1. The fraction of sp³-hybridized carbons (Fsp3) is 0.167. The number of thiophene rings is 1. The third-order valence-corrected chi connectivity index (χ3v) is 6.20. The second-order valence-electron chi connectivity index (χ2n) is 5.90. The number of hydrogen-bond donors (Lipinski definition) is 1. The van der Waals surface area contributed by atoms with Gasteiger partial charge in [-0.2, -0.15) is 10.2 Å². The van der Waals surface area contributed by atoms with Crippen LogP contribution in [0.1, 0.15) is 20.8 Å². The van der Waals surface area contributed by atoms with Crippen molar-refractivity contribution in [1.82, 2.24) is 4.31 Å². The molecule has 0 atom stereocenters. The molecule has 0 amide bonds. The Balaban J connectivity index is 1.87. The number of nitrogens with two attached hydrogens (primary N) is 1. The second kappa shape index (κ2) is 7.55. The van der Waals surface area contributed by atoms with Gasteiger partial charge in [-0.3, -0.25) is 0 Å². The standard InChI is InChI=1S/C18H18N2O4S2/c1-26(22,23)20(11-13-5-3-2-4-6-13)12-14-7-8-15-10-17(18(21)24-19)25-16(15)9-14/h2-10H,11-12,19H2,1H3. The van der Waals surface area contributed by atoms with Gasteiger partial charge in [-0.15, -0.1) is 11.3 Å². The first-order valence-corrected chi connectivity index (χ1v) is 10.5. The first-order valence-electron chi connectivity index (χ1n) is 7.79. The Bertz CT molecular complexity index is 1030. The minimum absolute atomic E-state index is 0.248. The monoisotopic (exact) mass is 390 g/mol. The molecule has 0 bridgehead atoms. The number of rotatable bonds is 6. The summed E-state index contributed by atoms with van der Waals surface area (Å²) in [6.07, 6.45) is 1.20. The largest absolute Gasteiger partial charge is 0.369 e. The lowest BCUT2D eigenvalue weighted by atomic mass is 10.1. The summed E-state index contributed by atoms with van der Waals surface area (Å²) in [6.45, 7) is 0.547. The van der Waals surface area contributed by atoms with Gasteiger partial charge in [0.15, 0.2) is 0 Å². The molecule has 0 aliphatic carbocycles. The third-order valence-electron chi connectivity index (χ3n) is 3.92. The van der Waals surface area contributed by atoms with E-state index < -0.39 is 16.0 Å². The highest BCUT2D eigenvalue weighted by molar-refractivity contribution is 7.88. The van der Waals surface area contributed by atoms with Gasteiger partial charge in [-0.25, -0.2) is 13.2 Å². The highest BCUT2D eigenvalue weighted by Crippen LogP contribution is 2.28. The molecule has 0 radical (unpaired) electrons. The molecule has 0 saturated heterocycles. The minimum atomic E-state index is -3.38. The Morgan fingerprint density at radius 3 is 2.42 bits per heavy atom. The highest BCUT2D eigenvalue weighted by Gasteiger charge is 2.18. The van der Waals surface area contributed by atoms with Crippen molar-refractivity contribution in [2.45, 2.75) is 13.1 Å². The predicted molar refractivity (Wildman–Crippen MR) is 102 cm³/mol. The van der Waals surface area contributed by atoms with Crippen LogP contribution in [0.3, 0.4) is 0 Å². The first-order chi connectivity index (χ1) is 12.4. The Labute approximate surface area is 155 Å². The van der Waals surface area contributed by atoms with Crippen molar-refractivity contribution in [3.8, 4) is 0 Å². The third kappa shape index (κ3) is 4.28. The average Bonchev–Trinajstić information content (AvgIpc) is 3.04. The second-order valence-corrected chi connectivity index (χ2v) is 8.97. The van der Waals surface area contributed by atoms with Crippen LogP contribution in [0.25, 0.3) is 10.1 Å². The van der Waals surface area contributed by atoms with Crippen molar-refractivity contribution in [2.24, 2.45) is 5.90 Å². The molecule has 2 aromatic carbocycles. The predicted octanol–water partition coefficient (Wildman–Crippen LogP) is 2.89. The van der Waals surface area contributed by atoms with E-state index in [1.54, 1.807) is 6.07 Å². The number of carbonyl (C=O) groups is 1. The maximum Gasteiger partial charge on any atom is 0.366 e. The summed E-state index contributed by atoms with van der Waals surface area (Å²) >= 11 is 1.26. The van der Waals surface area contributed by atoms with Crippen molar-refractivity contribution in [2.75, 3.05) is 6.26 Å². The van der Waals surface area contributed by atoms with Crippen LogP contribution in [-0.2, 0) is 28.0 Å². The summed E-state index contributed by atoms with van der Waals surface area (Å²) in [5.74, 6) is 4.34. The molecule has 0 fully saturated rings. The van der Waals surface area contributed by atoms with Crippen LogP contribution in [-0.4, -0.2) is 24.9 Å². The molecule has 0 unspecified atom stereocenters. The lowest BCUT2D eigenvalue weighted by Crippen LogP contribution is -2.29. The Kier molecular flexibility index (Phi) is 5.38. The van der Waals surface area contributed by atoms with Gasteiger partial charge < -0.3 is 4.84 Å². The van der Waals surface area contributed by atoms with Crippen LogP contribution in [0.15, 0.2) is 54.6 Å². The zero-order valence-electron chi connectivity index (χ0n) is 14.1. The number of hydrogen-bond acceptors (Lipinski definition) is 6. The van der Waals surface area contributed by atoms with Crippen molar-refractivity contribution < 1.29 is 18.0 Å². The molecule has 6 nitrogen and oxygen atoms in total. The smallest absolute Gasteiger partial charge is 0.366 e. The Hall–Kier alpha value is -2.26. The summed E-state index contributed by atoms with van der Waals surface area (Å²) in [4.78, 5) is 16.2. The Morgan fingerprint density at radius 1 is 1.08 bits per heavy atom. The molecule has 2 N–H and O–H groups in total. The number of fused-ring (bicyclic) bond motifs is 1.